The number of piperidine rings is 1. The minimum absolute atomic E-state index is 0.0423. The lowest BCUT2D eigenvalue weighted by Crippen LogP contribution is -2.34. The van der Waals surface area contributed by atoms with Crippen LogP contribution in [0.15, 0.2) is 24.4 Å². The van der Waals surface area contributed by atoms with Gasteiger partial charge in [0, 0.05) is 36.0 Å². The Morgan fingerprint density at radius 2 is 2.43 bits per heavy atom. The van der Waals surface area contributed by atoms with E-state index < -0.39 is 0 Å². The number of fused-ring (bicyclic) bond motifs is 1. The molecule has 3 aliphatic heterocycles. The van der Waals surface area contributed by atoms with Crippen molar-refractivity contribution in [2.45, 2.75) is 51.6 Å². The number of carbonyl (C=O) groups excluding carboxylic acids is 1. The van der Waals surface area contributed by atoms with Crippen molar-refractivity contribution in [3.05, 3.63) is 30.1 Å². The number of pyridine rings is 1. The van der Waals surface area contributed by atoms with Gasteiger partial charge in [-0.15, -0.1) is 0 Å². The minimum Gasteiger partial charge on any atom is -0.352 e. The Labute approximate surface area is 137 Å². The van der Waals surface area contributed by atoms with Gasteiger partial charge in [0.1, 0.15) is 12.4 Å². The van der Waals surface area contributed by atoms with Gasteiger partial charge in [-0.05, 0) is 50.9 Å². The first-order valence-corrected chi connectivity index (χ1v) is 8.63. The molecule has 5 nitrogen and oxygen atoms in total. The van der Waals surface area contributed by atoms with E-state index in [0.717, 1.165) is 36.6 Å². The van der Waals surface area contributed by atoms with E-state index in [1.165, 1.54) is 12.8 Å². The van der Waals surface area contributed by atoms with Crippen molar-refractivity contribution < 1.29 is 4.79 Å². The molecule has 0 spiro atoms. The zero-order chi connectivity index (χ0) is 16.2. The summed E-state index contributed by atoms with van der Waals surface area (Å²) in [4.78, 5) is 17.0. The van der Waals surface area contributed by atoms with E-state index in [9.17, 15) is 4.79 Å². The van der Waals surface area contributed by atoms with Gasteiger partial charge < -0.3 is 15.2 Å². The van der Waals surface area contributed by atoms with E-state index in [1.54, 1.807) is 0 Å². The van der Waals surface area contributed by atoms with Crippen molar-refractivity contribution in [2.24, 2.45) is 0 Å². The molecule has 0 aromatic heterocycles. The van der Waals surface area contributed by atoms with Crippen molar-refractivity contribution in [3.63, 3.8) is 0 Å². The molecule has 0 bridgehead atoms. The summed E-state index contributed by atoms with van der Waals surface area (Å²) < 4.78 is 1.95. The molecule has 3 rings (SSSR count). The summed E-state index contributed by atoms with van der Waals surface area (Å²) in [7, 11) is 0. The first-order valence-electron chi connectivity index (χ1n) is 8.63. The number of aromatic nitrogens is 2. The number of rotatable bonds is 5. The fraction of sp³-hybridized carbons (Fsp3) is 0.556. The molecule has 124 valence electrons. The Hall–Kier alpha value is -1.88. The molecule has 0 saturated carbocycles. The number of hydrogen-bond donors (Lipinski definition) is 2. The zero-order valence-corrected chi connectivity index (χ0v) is 14.0. The largest absolute Gasteiger partial charge is 0.352 e. The molecule has 5 heteroatoms. The molecule has 0 aromatic carbocycles. The van der Waals surface area contributed by atoms with Gasteiger partial charge in [0.25, 0.3) is 0 Å². The van der Waals surface area contributed by atoms with Crippen molar-refractivity contribution in [1.82, 2.24) is 20.2 Å². The highest BCUT2D eigenvalue weighted by molar-refractivity contribution is 5.77. The summed E-state index contributed by atoms with van der Waals surface area (Å²) in [6.45, 7) is 6.52. The topological polar surface area (TPSA) is 59.0 Å². The Morgan fingerprint density at radius 1 is 1.57 bits per heavy atom. The van der Waals surface area contributed by atoms with Crippen LogP contribution in [-0.2, 0) is 11.3 Å². The predicted octanol–water partition coefficient (Wildman–Crippen LogP) is 2.37. The molecular formula is C18H26N4O. The molecule has 0 aliphatic carbocycles. The summed E-state index contributed by atoms with van der Waals surface area (Å²) in [5.74, 6) is 1.44. The molecule has 1 fully saturated rings. The van der Waals surface area contributed by atoms with E-state index in [1.807, 2.05) is 23.8 Å². The Bertz CT molecular complexity index is 630. The van der Waals surface area contributed by atoms with Crippen LogP contribution >= 0.6 is 0 Å². The molecule has 23 heavy (non-hydrogen) atoms. The maximum atomic E-state index is 12.2. The van der Waals surface area contributed by atoms with Gasteiger partial charge in [0.05, 0.1) is 0 Å². The van der Waals surface area contributed by atoms with Crippen LogP contribution in [0.4, 0.5) is 0 Å². The molecule has 0 aromatic rings. The standard InChI is InChI=1S/C18H26N4O/c1-3-13(2)20-17(23)12-22-9-5-7-14-10-16(21-18(14)22)15-6-4-8-19-11-15/h5,7,9-10,13,15,19H,3-4,6,8,11-12H2,1-2H3,(H,20,23)/t13-,15+/m1/s1. The molecule has 1 saturated heterocycles. The maximum Gasteiger partial charge on any atom is 0.240 e. The molecule has 3 aliphatic rings. The number of carbonyl (C=O) groups is 1. The third-order valence-corrected chi connectivity index (χ3v) is 4.66. The van der Waals surface area contributed by atoms with Crippen LogP contribution in [0.25, 0.3) is 11.4 Å². The van der Waals surface area contributed by atoms with E-state index in [2.05, 4.69) is 29.7 Å². The lowest BCUT2D eigenvalue weighted by Gasteiger charge is -2.20. The lowest BCUT2D eigenvalue weighted by molar-refractivity contribution is -0.122. The SMILES string of the molecule is CC[C@@H](C)NC(=O)Cn1cccc2cc([C@H]3CCCNC3)nc1-2. The second kappa shape index (κ2) is 7.13. The van der Waals surface area contributed by atoms with Crippen LogP contribution in [0.3, 0.4) is 0 Å². The summed E-state index contributed by atoms with van der Waals surface area (Å²) >= 11 is 0. The number of hydrogen-bond acceptors (Lipinski definition) is 3. The molecule has 3 heterocycles. The molecule has 1 amide bonds. The van der Waals surface area contributed by atoms with Gasteiger partial charge in [-0.1, -0.05) is 6.92 Å². The molecule has 0 unspecified atom stereocenters. The Morgan fingerprint density at radius 3 is 3.17 bits per heavy atom. The maximum absolute atomic E-state index is 12.2. The van der Waals surface area contributed by atoms with Gasteiger partial charge >= 0.3 is 0 Å². The zero-order valence-electron chi connectivity index (χ0n) is 14.0. The van der Waals surface area contributed by atoms with Crippen LogP contribution in [0.1, 0.15) is 44.7 Å². The van der Waals surface area contributed by atoms with Crippen molar-refractivity contribution >= 4 is 5.91 Å². The monoisotopic (exact) mass is 314 g/mol. The van der Waals surface area contributed by atoms with Crippen LogP contribution in [0.5, 0.6) is 0 Å². The molecule has 2 N–H and O–H groups in total. The Balaban J connectivity index is 1.78. The third kappa shape index (κ3) is 3.72. The summed E-state index contributed by atoms with van der Waals surface area (Å²) in [6.07, 6.45) is 5.26. The van der Waals surface area contributed by atoms with E-state index in [4.69, 9.17) is 4.98 Å². The molecule has 0 radical (unpaired) electrons. The smallest absolute Gasteiger partial charge is 0.240 e. The summed E-state index contributed by atoms with van der Waals surface area (Å²) in [5.41, 5.74) is 2.26. The summed E-state index contributed by atoms with van der Waals surface area (Å²) in [6, 6.07) is 6.45. The quantitative estimate of drug-likeness (QED) is 0.891. The average Bonchev–Trinajstić information content (AvgIpc) is 3.01. The highest BCUT2D eigenvalue weighted by Crippen LogP contribution is 2.29. The van der Waals surface area contributed by atoms with Gasteiger partial charge in [-0.2, -0.15) is 0 Å². The van der Waals surface area contributed by atoms with Gasteiger partial charge in [-0.3, -0.25) is 4.79 Å². The van der Waals surface area contributed by atoms with Crippen LogP contribution < -0.4 is 10.6 Å². The van der Waals surface area contributed by atoms with Crippen LogP contribution in [-0.4, -0.2) is 34.6 Å². The van der Waals surface area contributed by atoms with Gasteiger partial charge in [0.2, 0.25) is 5.91 Å². The number of nitrogens with zero attached hydrogens (tertiary/aromatic N) is 2. The highest BCUT2D eigenvalue weighted by Gasteiger charge is 2.21. The van der Waals surface area contributed by atoms with Crippen molar-refractivity contribution in [2.75, 3.05) is 13.1 Å². The van der Waals surface area contributed by atoms with Crippen LogP contribution in [0.2, 0.25) is 0 Å². The van der Waals surface area contributed by atoms with E-state index in [-0.39, 0.29) is 11.9 Å². The third-order valence-electron chi connectivity index (χ3n) is 4.66. The van der Waals surface area contributed by atoms with Crippen molar-refractivity contribution in [1.29, 1.82) is 0 Å². The van der Waals surface area contributed by atoms with E-state index >= 15 is 0 Å². The fourth-order valence-corrected chi connectivity index (χ4v) is 3.14. The second-order valence-electron chi connectivity index (χ2n) is 6.52. The normalized spacial score (nSPS) is 19.7. The number of amides is 1. The van der Waals surface area contributed by atoms with E-state index in [0.29, 0.717) is 12.5 Å². The predicted molar refractivity (Wildman–Crippen MR) is 91.6 cm³/mol. The second-order valence-corrected chi connectivity index (χ2v) is 6.52. The van der Waals surface area contributed by atoms with Gasteiger partial charge in [0.15, 0.2) is 0 Å². The molecular weight excluding hydrogens is 288 g/mol. The fourth-order valence-electron chi connectivity index (χ4n) is 3.14. The lowest BCUT2D eigenvalue weighted by atomic mass is 9.96. The van der Waals surface area contributed by atoms with Crippen molar-refractivity contribution in [3.8, 4) is 11.4 Å². The van der Waals surface area contributed by atoms with Gasteiger partial charge in [-0.25, -0.2) is 4.98 Å². The molecule has 2 atom stereocenters. The first kappa shape index (κ1) is 16.0. The Kier molecular flexibility index (Phi) is 4.96. The minimum atomic E-state index is 0.0423. The highest BCUT2D eigenvalue weighted by atomic mass is 16.2. The van der Waals surface area contributed by atoms with Crippen LogP contribution in [0, 0.1) is 0 Å². The number of nitrogens with one attached hydrogen (secondary N) is 2. The summed E-state index contributed by atoms with van der Waals surface area (Å²) in [5, 5.41) is 6.46. The first-order chi connectivity index (χ1) is 11.2. The average molecular weight is 314 g/mol.